The van der Waals surface area contributed by atoms with Crippen molar-refractivity contribution in [3.63, 3.8) is 0 Å². The number of imide groups is 2. The van der Waals surface area contributed by atoms with Gasteiger partial charge in [0.15, 0.2) is 0 Å². The SMILES string of the molecule is COc1ccccc1N1C(=O)NC(=O)/C(=C/c2c(OC)ccc3ccccc23)C1=O. The average molecular weight is 402 g/mol. The van der Waals surface area contributed by atoms with E-state index in [1.165, 1.54) is 20.3 Å². The van der Waals surface area contributed by atoms with Gasteiger partial charge in [0.1, 0.15) is 17.1 Å². The smallest absolute Gasteiger partial charge is 0.336 e. The molecule has 7 nitrogen and oxygen atoms in total. The quantitative estimate of drug-likeness (QED) is 0.533. The van der Waals surface area contributed by atoms with Crippen LogP contribution < -0.4 is 19.7 Å². The Hall–Kier alpha value is -4.13. The van der Waals surface area contributed by atoms with Gasteiger partial charge in [0.25, 0.3) is 11.8 Å². The Morgan fingerprint density at radius 2 is 1.53 bits per heavy atom. The maximum Gasteiger partial charge on any atom is 0.336 e. The number of anilines is 1. The summed E-state index contributed by atoms with van der Waals surface area (Å²) in [7, 11) is 2.95. The molecular formula is C23H18N2O5. The molecule has 1 aliphatic heterocycles. The van der Waals surface area contributed by atoms with E-state index in [-0.39, 0.29) is 11.3 Å². The van der Waals surface area contributed by atoms with Crippen LogP contribution in [-0.4, -0.2) is 32.1 Å². The first-order valence-electron chi connectivity index (χ1n) is 9.15. The predicted octanol–water partition coefficient (Wildman–Crippen LogP) is 3.52. The van der Waals surface area contributed by atoms with Gasteiger partial charge >= 0.3 is 6.03 Å². The summed E-state index contributed by atoms with van der Waals surface area (Å²) >= 11 is 0. The van der Waals surface area contributed by atoms with Crippen molar-refractivity contribution in [3.05, 3.63) is 71.8 Å². The van der Waals surface area contributed by atoms with Gasteiger partial charge in [-0.2, -0.15) is 0 Å². The molecule has 0 atom stereocenters. The van der Waals surface area contributed by atoms with Crippen molar-refractivity contribution < 1.29 is 23.9 Å². The summed E-state index contributed by atoms with van der Waals surface area (Å²) in [5.74, 6) is -0.686. The number of nitrogens with one attached hydrogen (secondary N) is 1. The first-order chi connectivity index (χ1) is 14.5. The molecule has 1 N–H and O–H groups in total. The number of rotatable bonds is 4. The highest BCUT2D eigenvalue weighted by Gasteiger charge is 2.38. The number of ether oxygens (including phenoxy) is 2. The third-order valence-corrected chi connectivity index (χ3v) is 4.87. The molecule has 0 saturated carbocycles. The topological polar surface area (TPSA) is 84.9 Å². The van der Waals surface area contributed by atoms with Gasteiger partial charge in [-0.1, -0.05) is 42.5 Å². The van der Waals surface area contributed by atoms with E-state index in [4.69, 9.17) is 9.47 Å². The minimum atomic E-state index is -0.837. The number of amides is 4. The van der Waals surface area contributed by atoms with E-state index < -0.39 is 17.8 Å². The molecule has 0 bridgehead atoms. The van der Waals surface area contributed by atoms with E-state index >= 15 is 0 Å². The van der Waals surface area contributed by atoms with Crippen LogP contribution in [0.15, 0.2) is 66.2 Å². The fraction of sp³-hybridized carbons (Fsp3) is 0.0870. The Bertz CT molecular complexity index is 1220. The summed E-state index contributed by atoms with van der Waals surface area (Å²) in [6, 6.07) is 17.0. The molecule has 7 heteroatoms. The average Bonchev–Trinajstić information content (AvgIpc) is 2.76. The number of barbiturate groups is 1. The summed E-state index contributed by atoms with van der Waals surface area (Å²) < 4.78 is 10.7. The van der Waals surface area contributed by atoms with E-state index in [9.17, 15) is 14.4 Å². The van der Waals surface area contributed by atoms with E-state index in [1.54, 1.807) is 30.3 Å². The molecule has 0 radical (unpaired) electrons. The fourth-order valence-corrected chi connectivity index (χ4v) is 3.44. The predicted molar refractivity (Wildman–Crippen MR) is 112 cm³/mol. The number of carbonyl (C=O) groups excluding carboxylic acids is 3. The normalized spacial score (nSPS) is 15.5. The monoisotopic (exact) mass is 402 g/mol. The van der Waals surface area contributed by atoms with Crippen molar-refractivity contribution in [2.45, 2.75) is 0 Å². The Labute approximate surface area is 172 Å². The zero-order valence-electron chi connectivity index (χ0n) is 16.3. The van der Waals surface area contributed by atoms with Gasteiger partial charge in [0.2, 0.25) is 0 Å². The third-order valence-electron chi connectivity index (χ3n) is 4.87. The van der Waals surface area contributed by atoms with Crippen LogP contribution >= 0.6 is 0 Å². The summed E-state index contributed by atoms with van der Waals surface area (Å²) in [4.78, 5) is 39.2. The van der Waals surface area contributed by atoms with Crippen LogP contribution in [0.2, 0.25) is 0 Å². The molecule has 1 saturated heterocycles. The Kier molecular flexibility index (Phi) is 4.93. The summed E-state index contributed by atoms with van der Waals surface area (Å²) in [6.45, 7) is 0. The van der Waals surface area contributed by atoms with Crippen molar-refractivity contribution in [1.29, 1.82) is 0 Å². The molecule has 4 amide bonds. The van der Waals surface area contributed by atoms with Gasteiger partial charge in [-0.3, -0.25) is 14.9 Å². The largest absolute Gasteiger partial charge is 0.496 e. The number of carbonyl (C=O) groups is 3. The van der Waals surface area contributed by atoms with Crippen molar-refractivity contribution in [1.82, 2.24) is 5.32 Å². The molecule has 0 spiro atoms. The zero-order chi connectivity index (χ0) is 21.3. The number of hydrogen-bond acceptors (Lipinski definition) is 5. The molecule has 150 valence electrons. The zero-order valence-corrected chi connectivity index (χ0v) is 16.3. The van der Waals surface area contributed by atoms with Crippen molar-refractivity contribution >= 4 is 40.4 Å². The highest BCUT2D eigenvalue weighted by molar-refractivity contribution is 6.39. The van der Waals surface area contributed by atoms with Crippen molar-refractivity contribution in [2.24, 2.45) is 0 Å². The molecule has 4 rings (SSSR count). The summed E-state index contributed by atoms with van der Waals surface area (Å²) in [5, 5.41) is 3.96. The summed E-state index contributed by atoms with van der Waals surface area (Å²) in [5.41, 5.74) is 0.629. The molecule has 1 aliphatic rings. The molecule has 1 fully saturated rings. The number of hydrogen-bond donors (Lipinski definition) is 1. The van der Waals surface area contributed by atoms with E-state index in [0.717, 1.165) is 15.7 Å². The number of methoxy groups -OCH3 is 2. The van der Waals surface area contributed by atoms with Gasteiger partial charge in [-0.15, -0.1) is 0 Å². The Morgan fingerprint density at radius 1 is 0.833 bits per heavy atom. The van der Waals surface area contributed by atoms with Gasteiger partial charge in [-0.05, 0) is 35.0 Å². The maximum absolute atomic E-state index is 13.2. The second kappa shape index (κ2) is 7.71. The molecule has 30 heavy (non-hydrogen) atoms. The van der Waals surface area contributed by atoms with Crippen molar-refractivity contribution in [2.75, 3.05) is 19.1 Å². The van der Waals surface area contributed by atoms with Crippen LogP contribution in [0.3, 0.4) is 0 Å². The van der Waals surface area contributed by atoms with Gasteiger partial charge in [-0.25, -0.2) is 9.69 Å². The van der Waals surface area contributed by atoms with Gasteiger partial charge < -0.3 is 9.47 Å². The molecule has 3 aromatic rings. The van der Waals surface area contributed by atoms with Crippen LogP contribution in [0.5, 0.6) is 11.5 Å². The van der Waals surface area contributed by atoms with E-state index in [0.29, 0.717) is 17.1 Å². The maximum atomic E-state index is 13.2. The third kappa shape index (κ3) is 3.16. The number of fused-ring (bicyclic) bond motifs is 1. The molecular weight excluding hydrogens is 384 g/mol. The Balaban J connectivity index is 1.88. The van der Waals surface area contributed by atoms with E-state index in [1.807, 2.05) is 30.3 Å². The van der Waals surface area contributed by atoms with Crippen LogP contribution in [0, 0.1) is 0 Å². The number of para-hydroxylation sites is 2. The number of benzene rings is 3. The lowest BCUT2D eigenvalue weighted by molar-refractivity contribution is -0.122. The lowest BCUT2D eigenvalue weighted by Crippen LogP contribution is -2.54. The van der Waals surface area contributed by atoms with Crippen LogP contribution in [-0.2, 0) is 9.59 Å². The minimum absolute atomic E-state index is 0.185. The highest BCUT2D eigenvalue weighted by Crippen LogP contribution is 2.33. The molecule has 0 aliphatic carbocycles. The van der Waals surface area contributed by atoms with Crippen LogP contribution in [0.1, 0.15) is 5.56 Å². The first kappa shape index (κ1) is 19.2. The lowest BCUT2D eigenvalue weighted by Gasteiger charge is -2.27. The van der Waals surface area contributed by atoms with Gasteiger partial charge in [0, 0.05) is 5.56 Å². The fourth-order valence-electron chi connectivity index (χ4n) is 3.44. The minimum Gasteiger partial charge on any atom is -0.496 e. The van der Waals surface area contributed by atoms with E-state index in [2.05, 4.69) is 5.32 Å². The molecule has 0 unspecified atom stereocenters. The summed E-state index contributed by atoms with van der Waals surface area (Å²) in [6.07, 6.45) is 1.45. The van der Waals surface area contributed by atoms with Crippen LogP contribution in [0.4, 0.5) is 10.5 Å². The molecule has 3 aromatic carbocycles. The number of nitrogens with zero attached hydrogens (tertiary/aromatic N) is 1. The second-order valence-corrected chi connectivity index (χ2v) is 6.53. The first-order valence-corrected chi connectivity index (χ1v) is 9.15. The van der Waals surface area contributed by atoms with Gasteiger partial charge in [0.05, 0.1) is 19.9 Å². The second-order valence-electron chi connectivity index (χ2n) is 6.53. The van der Waals surface area contributed by atoms with Crippen molar-refractivity contribution in [3.8, 4) is 11.5 Å². The standard InChI is InChI=1S/C23H18N2O5/c1-29-19-12-11-14-7-3-4-8-15(14)16(19)13-17-21(26)24-23(28)25(22(17)27)18-9-5-6-10-20(18)30-2/h3-13H,1-2H3,(H,24,26,28)/b17-13-. The lowest BCUT2D eigenvalue weighted by atomic mass is 9.99. The molecule has 1 heterocycles. The number of urea groups is 1. The highest BCUT2D eigenvalue weighted by atomic mass is 16.5. The molecule has 0 aromatic heterocycles. The Morgan fingerprint density at radius 3 is 2.30 bits per heavy atom. The van der Waals surface area contributed by atoms with Crippen LogP contribution in [0.25, 0.3) is 16.8 Å².